The summed E-state index contributed by atoms with van der Waals surface area (Å²) in [6.07, 6.45) is 1.10. The number of amides is 2. The first-order chi connectivity index (χ1) is 15.3. The number of anilines is 1. The van der Waals surface area contributed by atoms with Gasteiger partial charge in [-0.05, 0) is 50.1 Å². The SMILES string of the molecule is CCCN(C(=O)Nc1ccc(F)cc1F)C(CC)c1nc2cc(Cl)ccc2c(=O)n1CC. The predicted octanol–water partition coefficient (Wildman–Crippen LogP) is 5.74. The van der Waals surface area contributed by atoms with Gasteiger partial charge in [-0.1, -0.05) is 25.4 Å². The number of nitrogens with zero attached hydrogens (tertiary/aromatic N) is 3. The van der Waals surface area contributed by atoms with Crippen molar-refractivity contribution in [3.05, 3.63) is 69.2 Å². The van der Waals surface area contributed by atoms with Gasteiger partial charge in [0, 0.05) is 24.2 Å². The molecule has 1 aromatic heterocycles. The summed E-state index contributed by atoms with van der Waals surface area (Å²) in [6, 6.07) is 6.74. The highest BCUT2D eigenvalue weighted by Crippen LogP contribution is 2.26. The molecule has 1 unspecified atom stereocenters. The second-order valence-corrected chi connectivity index (χ2v) is 7.79. The minimum Gasteiger partial charge on any atom is -0.314 e. The molecule has 0 bridgehead atoms. The van der Waals surface area contributed by atoms with Crippen molar-refractivity contribution in [1.29, 1.82) is 0 Å². The molecule has 6 nitrogen and oxygen atoms in total. The molecule has 3 rings (SSSR count). The highest BCUT2D eigenvalue weighted by molar-refractivity contribution is 6.31. The number of urea groups is 1. The third-order valence-corrected chi connectivity index (χ3v) is 5.46. The molecular formula is C23H25ClF2N4O2. The standard InChI is InChI=1S/C23H25ClF2N4O2/c1-4-11-30(23(32)28-18-10-8-15(25)13-17(18)26)20(5-2)21-27-19-12-14(24)7-9-16(19)22(31)29(21)6-3/h7-10,12-13,20H,4-6,11H2,1-3H3,(H,28,32). The van der Waals surface area contributed by atoms with E-state index in [-0.39, 0.29) is 11.2 Å². The van der Waals surface area contributed by atoms with E-state index in [1.807, 2.05) is 20.8 Å². The molecule has 0 aliphatic heterocycles. The van der Waals surface area contributed by atoms with E-state index in [0.29, 0.717) is 53.7 Å². The number of fused-ring (bicyclic) bond motifs is 1. The predicted molar refractivity (Wildman–Crippen MR) is 122 cm³/mol. The van der Waals surface area contributed by atoms with Crippen LogP contribution in [0.3, 0.4) is 0 Å². The third-order valence-electron chi connectivity index (χ3n) is 5.22. The van der Waals surface area contributed by atoms with Crippen LogP contribution in [0.1, 0.15) is 45.5 Å². The maximum atomic E-state index is 14.1. The van der Waals surface area contributed by atoms with E-state index in [9.17, 15) is 18.4 Å². The first kappa shape index (κ1) is 23.7. The number of halogens is 3. The van der Waals surface area contributed by atoms with Gasteiger partial charge in [0.2, 0.25) is 0 Å². The molecule has 0 saturated carbocycles. The Morgan fingerprint density at radius 2 is 1.94 bits per heavy atom. The lowest BCUT2D eigenvalue weighted by Crippen LogP contribution is -2.41. The van der Waals surface area contributed by atoms with E-state index >= 15 is 0 Å². The Hall–Kier alpha value is -3.00. The van der Waals surface area contributed by atoms with Crippen LogP contribution in [0.15, 0.2) is 41.2 Å². The van der Waals surface area contributed by atoms with Crippen molar-refractivity contribution in [2.75, 3.05) is 11.9 Å². The van der Waals surface area contributed by atoms with Crippen LogP contribution in [0, 0.1) is 11.6 Å². The summed E-state index contributed by atoms with van der Waals surface area (Å²) in [5, 5.41) is 3.41. The van der Waals surface area contributed by atoms with Crippen molar-refractivity contribution in [2.24, 2.45) is 0 Å². The van der Waals surface area contributed by atoms with Crippen molar-refractivity contribution in [3.63, 3.8) is 0 Å². The summed E-state index contributed by atoms with van der Waals surface area (Å²) < 4.78 is 28.9. The average molecular weight is 463 g/mol. The molecule has 0 saturated heterocycles. The first-order valence-electron chi connectivity index (χ1n) is 10.5. The second-order valence-electron chi connectivity index (χ2n) is 7.35. The smallest absolute Gasteiger partial charge is 0.314 e. The lowest BCUT2D eigenvalue weighted by Gasteiger charge is -2.32. The quantitative estimate of drug-likeness (QED) is 0.486. The fourth-order valence-electron chi connectivity index (χ4n) is 3.73. The van der Waals surface area contributed by atoms with Crippen LogP contribution in [0.4, 0.5) is 19.3 Å². The molecule has 1 N–H and O–H groups in total. The van der Waals surface area contributed by atoms with Crippen molar-refractivity contribution >= 4 is 34.2 Å². The van der Waals surface area contributed by atoms with E-state index in [2.05, 4.69) is 5.32 Å². The largest absolute Gasteiger partial charge is 0.322 e. The monoisotopic (exact) mass is 462 g/mol. The Kier molecular flexibility index (Phi) is 7.45. The fraction of sp³-hybridized carbons (Fsp3) is 0.348. The van der Waals surface area contributed by atoms with Crippen molar-refractivity contribution in [3.8, 4) is 0 Å². The van der Waals surface area contributed by atoms with E-state index < -0.39 is 23.7 Å². The van der Waals surface area contributed by atoms with E-state index in [1.54, 1.807) is 22.8 Å². The summed E-state index contributed by atoms with van der Waals surface area (Å²) in [6.45, 7) is 6.34. The van der Waals surface area contributed by atoms with Gasteiger partial charge in [-0.15, -0.1) is 0 Å². The minimum atomic E-state index is -0.869. The van der Waals surface area contributed by atoms with Crippen LogP contribution < -0.4 is 10.9 Å². The van der Waals surface area contributed by atoms with Crippen LogP contribution in [0.2, 0.25) is 5.02 Å². The average Bonchev–Trinajstić information content (AvgIpc) is 2.75. The molecule has 0 aliphatic carbocycles. The van der Waals surface area contributed by atoms with Gasteiger partial charge in [0.1, 0.15) is 17.5 Å². The molecule has 3 aromatic rings. The molecule has 0 fully saturated rings. The molecule has 0 aliphatic rings. The summed E-state index contributed by atoms with van der Waals surface area (Å²) >= 11 is 6.10. The zero-order chi connectivity index (χ0) is 23.4. The van der Waals surface area contributed by atoms with Gasteiger partial charge in [0.15, 0.2) is 0 Å². The Morgan fingerprint density at radius 1 is 1.19 bits per heavy atom. The summed E-state index contributed by atoms with van der Waals surface area (Å²) in [4.78, 5) is 32.5. The Bertz CT molecular complexity index is 1200. The molecule has 9 heteroatoms. The minimum absolute atomic E-state index is 0.126. The highest BCUT2D eigenvalue weighted by Gasteiger charge is 2.28. The number of hydrogen-bond acceptors (Lipinski definition) is 3. The van der Waals surface area contributed by atoms with Gasteiger partial charge in [0.25, 0.3) is 5.56 Å². The van der Waals surface area contributed by atoms with E-state index in [0.717, 1.165) is 6.07 Å². The van der Waals surface area contributed by atoms with Gasteiger partial charge < -0.3 is 10.2 Å². The van der Waals surface area contributed by atoms with E-state index in [4.69, 9.17) is 16.6 Å². The van der Waals surface area contributed by atoms with Gasteiger partial charge in [-0.2, -0.15) is 0 Å². The third kappa shape index (κ3) is 4.75. The zero-order valence-electron chi connectivity index (χ0n) is 18.2. The lowest BCUT2D eigenvalue weighted by atomic mass is 10.1. The van der Waals surface area contributed by atoms with Gasteiger partial charge in [-0.25, -0.2) is 18.6 Å². The Labute approximate surface area is 189 Å². The summed E-state index contributed by atoms with van der Waals surface area (Å²) in [7, 11) is 0. The highest BCUT2D eigenvalue weighted by atomic mass is 35.5. The molecule has 2 aromatic carbocycles. The molecule has 32 heavy (non-hydrogen) atoms. The molecule has 1 heterocycles. The topological polar surface area (TPSA) is 67.2 Å². The van der Waals surface area contributed by atoms with Crippen LogP contribution >= 0.6 is 11.6 Å². The molecule has 0 radical (unpaired) electrons. The maximum absolute atomic E-state index is 14.1. The van der Waals surface area contributed by atoms with Crippen molar-refractivity contribution in [2.45, 2.75) is 46.2 Å². The van der Waals surface area contributed by atoms with Gasteiger partial charge in [0.05, 0.1) is 22.6 Å². The van der Waals surface area contributed by atoms with Gasteiger partial charge >= 0.3 is 6.03 Å². The Balaban J connectivity index is 2.07. The molecule has 1 atom stereocenters. The fourth-order valence-corrected chi connectivity index (χ4v) is 3.90. The number of hydrogen-bond donors (Lipinski definition) is 1. The maximum Gasteiger partial charge on any atom is 0.322 e. The van der Waals surface area contributed by atoms with Crippen molar-refractivity contribution in [1.82, 2.24) is 14.5 Å². The molecular weight excluding hydrogens is 438 g/mol. The van der Waals surface area contributed by atoms with E-state index in [1.165, 1.54) is 11.0 Å². The van der Waals surface area contributed by atoms with Crippen LogP contribution in [-0.4, -0.2) is 27.0 Å². The van der Waals surface area contributed by atoms with Crippen LogP contribution in [-0.2, 0) is 6.54 Å². The Morgan fingerprint density at radius 3 is 2.56 bits per heavy atom. The number of carbonyl (C=O) groups is 1. The number of benzene rings is 2. The first-order valence-corrected chi connectivity index (χ1v) is 10.9. The van der Waals surface area contributed by atoms with Crippen molar-refractivity contribution < 1.29 is 13.6 Å². The lowest BCUT2D eigenvalue weighted by molar-refractivity contribution is 0.180. The summed E-state index contributed by atoms with van der Waals surface area (Å²) in [5.41, 5.74) is 0.102. The zero-order valence-corrected chi connectivity index (χ0v) is 18.9. The number of rotatable bonds is 7. The molecule has 170 valence electrons. The molecule has 2 amide bonds. The number of nitrogens with one attached hydrogen (secondary N) is 1. The van der Waals surface area contributed by atoms with Crippen LogP contribution in [0.25, 0.3) is 10.9 Å². The number of aromatic nitrogens is 2. The van der Waals surface area contributed by atoms with Crippen LogP contribution in [0.5, 0.6) is 0 Å². The number of carbonyl (C=O) groups excluding carboxylic acids is 1. The second kappa shape index (κ2) is 10.1. The van der Waals surface area contributed by atoms with Gasteiger partial charge in [-0.3, -0.25) is 9.36 Å². The molecule has 0 spiro atoms. The summed E-state index contributed by atoms with van der Waals surface area (Å²) in [5.74, 6) is -1.17. The normalized spacial score (nSPS) is 12.1.